The minimum atomic E-state index is -0.924. The van der Waals surface area contributed by atoms with Crippen LogP contribution in [0.4, 0.5) is 9.59 Å². The van der Waals surface area contributed by atoms with Crippen molar-refractivity contribution in [2.45, 2.75) is 219 Å². The van der Waals surface area contributed by atoms with E-state index in [9.17, 15) is 14.4 Å². The highest BCUT2D eigenvalue weighted by molar-refractivity contribution is 5.86. The fraction of sp³-hybridized carbons (Fsp3) is 0.927. The highest BCUT2D eigenvalue weighted by Gasteiger charge is 2.22. The molecule has 0 aromatic rings. The molecule has 0 bridgehead atoms. The first-order valence-electron chi connectivity index (χ1n) is 21.2. The number of amides is 3. The number of hydrogen-bond donors (Lipinski definition) is 3. The van der Waals surface area contributed by atoms with Crippen LogP contribution in [-0.4, -0.2) is 50.4 Å². The van der Waals surface area contributed by atoms with E-state index in [1.807, 2.05) is 6.92 Å². The van der Waals surface area contributed by atoms with Crippen molar-refractivity contribution in [3.8, 4) is 0 Å². The molecule has 0 heterocycles. The van der Waals surface area contributed by atoms with Crippen LogP contribution in [-0.2, 0) is 14.3 Å². The van der Waals surface area contributed by atoms with Crippen LogP contribution in [0.5, 0.6) is 0 Å². The third kappa shape index (κ3) is 35.6. The Kier molecular flexibility index (Phi) is 37.2. The molecule has 3 amide bonds. The van der Waals surface area contributed by atoms with Gasteiger partial charge >= 0.3 is 12.2 Å². The van der Waals surface area contributed by atoms with Crippen LogP contribution in [0.25, 0.3) is 0 Å². The van der Waals surface area contributed by atoms with Crippen LogP contribution >= 0.6 is 0 Å². The average molecular weight is 696 g/mol. The molecule has 0 aromatic carbocycles. The Bertz CT molecular complexity index is 736. The second-order valence-electron chi connectivity index (χ2n) is 14.1. The first-order valence-corrected chi connectivity index (χ1v) is 21.2. The summed E-state index contributed by atoms with van der Waals surface area (Å²) in [5, 5.41) is 7.90. The molecule has 0 radical (unpaired) electrons. The van der Waals surface area contributed by atoms with Crippen molar-refractivity contribution in [3.05, 3.63) is 0 Å². The van der Waals surface area contributed by atoms with Crippen molar-refractivity contribution in [1.82, 2.24) is 16.0 Å². The van der Waals surface area contributed by atoms with Gasteiger partial charge in [0.05, 0.1) is 19.8 Å². The zero-order chi connectivity index (χ0) is 35.9. The molecule has 1 atom stereocenters. The van der Waals surface area contributed by atoms with Gasteiger partial charge in [0, 0.05) is 6.54 Å². The van der Waals surface area contributed by atoms with Crippen molar-refractivity contribution in [2.75, 3.05) is 26.3 Å². The summed E-state index contributed by atoms with van der Waals surface area (Å²) < 4.78 is 10.6. The Hall–Kier alpha value is -1.99. The lowest BCUT2D eigenvalue weighted by atomic mass is 10.0. The van der Waals surface area contributed by atoms with Crippen molar-refractivity contribution in [3.63, 3.8) is 0 Å². The van der Waals surface area contributed by atoms with Gasteiger partial charge in [-0.1, -0.05) is 194 Å². The Morgan fingerprint density at radius 3 is 1.04 bits per heavy atom. The molecule has 49 heavy (non-hydrogen) atoms. The molecular weight excluding hydrogens is 614 g/mol. The van der Waals surface area contributed by atoms with Crippen LogP contribution in [0, 0.1) is 0 Å². The third-order valence-corrected chi connectivity index (χ3v) is 9.37. The van der Waals surface area contributed by atoms with Gasteiger partial charge in [-0.3, -0.25) is 4.79 Å². The van der Waals surface area contributed by atoms with E-state index < -0.39 is 18.2 Å². The monoisotopic (exact) mass is 696 g/mol. The minimum Gasteiger partial charge on any atom is -0.450 e. The third-order valence-electron chi connectivity index (χ3n) is 9.37. The quantitative estimate of drug-likeness (QED) is 0.0561. The van der Waals surface area contributed by atoms with Crippen LogP contribution in [0.2, 0.25) is 0 Å². The fourth-order valence-electron chi connectivity index (χ4n) is 6.20. The number of carbonyl (C=O) groups excluding carboxylic acids is 3. The molecule has 0 rings (SSSR count). The van der Waals surface area contributed by atoms with E-state index in [2.05, 4.69) is 29.8 Å². The SMILES string of the molecule is CCCCCCCCCCCCCCCCCCOC(=O)NC(CNC(=O)OCCCCCCCCCCCCCCCC)C(=O)NCC. The Labute approximate surface area is 303 Å². The molecule has 0 fully saturated rings. The average Bonchev–Trinajstić information content (AvgIpc) is 3.09. The molecule has 290 valence electrons. The molecule has 0 aliphatic heterocycles. The van der Waals surface area contributed by atoms with Gasteiger partial charge in [-0.25, -0.2) is 9.59 Å². The van der Waals surface area contributed by atoms with E-state index in [0.717, 1.165) is 38.5 Å². The van der Waals surface area contributed by atoms with Crippen LogP contribution in [0.15, 0.2) is 0 Å². The lowest BCUT2D eigenvalue weighted by Crippen LogP contribution is -2.52. The summed E-state index contributed by atoms with van der Waals surface area (Å²) in [6.45, 7) is 7.38. The number of unbranched alkanes of at least 4 members (excludes halogenated alkanes) is 28. The smallest absolute Gasteiger partial charge is 0.407 e. The number of likely N-dealkylation sites (N-methyl/N-ethyl adjacent to an activating group) is 1. The summed E-state index contributed by atoms with van der Waals surface area (Å²) >= 11 is 0. The van der Waals surface area contributed by atoms with Crippen LogP contribution < -0.4 is 16.0 Å². The van der Waals surface area contributed by atoms with E-state index in [1.54, 1.807) is 0 Å². The standard InChI is InChI=1S/C41H81N3O5/c1-4-7-9-11-13-15-17-19-21-22-24-26-28-30-32-34-36-49-41(47)44-38(39(45)42-6-3)37-43-40(46)48-35-33-31-29-27-25-23-20-18-16-14-12-10-8-5-2/h38H,4-37H2,1-3H3,(H,42,45)(H,43,46)(H,44,47). The van der Waals surface area contributed by atoms with E-state index in [4.69, 9.17) is 9.47 Å². The zero-order valence-electron chi connectivity index (χ0n) is 32.7. The molecule has 0 aromatic heterocycles. The maximum atomic E-state index is 12.5. The first-order chi connectivity index (χ1) is 24.0. The predicted molar refractivity (Wildman–Crippen MR) is 206 cm³/mol. The summed E-state index contributed by atoms with van der Waals surface area (Å²) in [6, 6.07) is -0.924. The molecule has 0 saturated carbocycles. The van der Waals surface area contributed by atoms with Crippen molar-refractivity contribution in [1.29, 1.82) is 0 Å². The molecule has 3 N–H and O–H groups in total. The molecule has 0 saturated heterocycles. The lowest BCUT2D eigenvalue weighted by Gasteiger charge is -2.18. The second-order valence-corrected chi connectivity index (χ2v) is 14.1. The zero-order valence-corrected chi connectivity index (χ0v) is 32.7. The molecule has 0 aliphatic rings. The number of ether oxygens (including phenoxy) is 2. The van der Waals surface area contributed by atoms with Gasteiger partial charge in [0.2, 0.25) is 5.91 Å². The highest BCUT2D eigenvalue weighted by Crippen LogP contribution is 2.15. The van der Waals surface area contributed by atoms with E-state index >= 15 is 0 Å². The van der Waals surface area contributed by atoms with Crippen molar-refractivity contribution in [2.24, 2.45) is 0 Å². The van der Waals surface area contributed by atoms with Gasteiger partial charge in [0.1, 0.15) is 6.04 Å². The number of alkyl carbamates (subject to hydrolysis) is 2. The largest absolute Gasteiger partial charge is 0.450 e. The Morgan fingerprint density at radius 2 is 0.714 bits per heavy atom. The number of rotatable bonds is 37. The first kappa shape index (κ1) is 47.0. The van der Waals surface area contributed by atoms with Gasteiger partial charge < -0.3 is 25.4 Å². The lowest BCUT2D eigenvalue weighted by molar-refractivity contribution is -0.122. The fourth-order valence-corrected chi connectivity index (χ4v) is 6.20. The van der Waals surface area contributed by atoms with Gasteiger partial charge in [0.25, 0.3) is 0 Å². The van der Waals surface area contributed by atoms with E-state index in [0.29, 0.717) is 19.8 Å². The highest BCUT2D eigenvalue weighted by atomic mass is 16.6. The molecule has 1 unspecified atom stereocenters. The predicted octanol–water partition coefficient (Wildman–Crippen LogP) is 11.7. The van der Waals surface area contributed by atoms with E-state index in [1.165, 1.54) is 154 Å². The van der Waals surface area contributed by atoms with Gasteiger partial charge in [-0.05, 0) is 19.8 Å². The Morgan fingerprint density at radius 1 is 0.408 bits per heavy atom. The summed E-state index contributed by atoms with van der Waals surface area (Å²) in [7, 11) is 0. The number of hydrogen-bond acceptors (Lipinski definition) is 5. The summed E-state index contributed by atoms with van der Waals surface area (Å²) in [5.74, 6) is -0.367. The molecular formula is C41H81N3O5. The summed E-state index contributed by atoms with van der Waals surface area (Å²) in [6.07, 6.45) is 37.3. The van der Waals surface area contributed by atoms with Gasteiger partial charge in [-0.2, -0.15) is 0 Å². The van der Waals surface area contributed by atoms with Crippen molar-refractivity contribution >= 4 is 18.1 Å². The molecule has 8 nitrogen and oxygen atoms in total. The van der Waals surface area contributed by atoms with Crippen molar-refractivity contribution < 1.29 is 23.9 Å². The molecule has 8 heteroatoms. The van der Waals surface area contributed by atoms with Gasteiger partial charge in [0.15, 0.2) is 0 Å². The van der Waals surface area contributed by atoms with Gasteiger partial charge in [-0.15, -0.1) is 0 Å². The maximum Gasteiger partial charge on any atom is 0.407 e. The topological polar surface area (TPSA) is 106 Å². The minimum absolute atomic E-state index is 0.0580. The number of carbonyl (C=O) groups is 3. The van der Waals surface area contributed by atoms with E-state index in [-0.39, 0.29) is 12.5 Å². The normalized spacial score (nSPS) is 11.7. The summed E-state index contributed by atoms with van der Waals surface area (Å²) in [4.78, 5) is 37.0. The second kappa shape index (κ2) is 38.8. The number of nitrogens with one attached hydrogen (secondary N) is 3. The summed E-state index contributed by atoms with van der Waals surface area (Å²) in [5.41, 5.74) is 0. The maximum absolute atomic E-state index is 12.5. The Balaban J connectivity index is 3.78. The van der Waals surface area contributed by atoms with Crippen LogP contribution in [0.1, 0.15) is 213 Å². The van der Waals surface area contributed by atoms with Crippen LogP contribution in [0.3, 0.4) is 0 Å². The molecule has 0 spiro atoms. The molecule has 0 aliphatic carbocycles.